The maximum Gasteiger partial charge on any atom is 0.311 e. The van der Waals surface area contributed by atoms with Crippen LogP contribution in [0.25, 0.3) is 0 Å². The minimum Gasteiger partial charge on any atom is -0.462 e. The van der Waals surface area contributed by atoms with Crippen molar-refractivity contribution in [3.05, 3.63) is 0 Å². The quantitative estimate of drug-likeness (QED) is 0.616. The van der Waals surface area contributed by atoms with Gasteiger partial charge in [-0.2, -0.15) is 0 Å². The highest BCUT2D eigenvalue weighted by atomic mass is 16.5. The molecule has 6 heteroatoms. The van der Waals surface area contributed by atoms with Crippen molar-refractivity contribution in [3.8, 4) is 0 Å². The molecule has 0 aromatic rings. The van der Waals surface area contributed by atoms with Gasteiger partial charge in [-0.05, 0) is 25.7 Å². The Balaban J connectivity index is 3.25. The number of Topliss-reactive ketones (excluding diaryl/α,β-unsaturated/α-hetero) is 1. The van der Waals surface area contributed by atoms with Gasteiger partial charge < -0.3 is 20.1 Å². The Bertz CT molecular complexity index is 521. The van der Waals surface area contributed by atoms with Crippen LogP contribution in [-0.2, 0) is 14.3 Å². The molecule has 1 aliphatic heterocycles. The van der Waals surface area contributed by atoms with Crippen LogP contribution in [0.3, 0.4) is 0 Å². The smallest absolute Gasteiger partial charge is 0.311 e. The Labute approximate surface area is 169 Å². The third kappa shape index (κ3) is 5.77. The first-order valence-electron chi connectivity index (χ1n) is 10.7. The molecule has 0 aromatic carbocycles. The highest BCUT2D eigenvalue weighted by Gasteiger charge is 2.40. The molecule has 0 bridgehead atoms. The summed E-state index contributed by atoms with van der Waals surface area (Å²) in [5.74, 6) is -3.46. The standard InChI is InChI=1S/C22H40O6/c1-8-9-17-13(4)20(25)14(5)18(23)11(2)10-12(3)19(24)15(6)21(26)16(7)22(27)28-17/h11-17,19-21,24-26H,8-10H2,1-7H3/t11-,12+,13+,14+,15-,16-,17-,19+,20+,21+/m1/s1. The summed E-state index contributed by atoms with van der Waals surface area (Å²) in [5, 5.41) is 32.1. The summed E-state index contributed by atoms with van der Waals surface area (Å²) in [5.41, 5.74) is 0. The molecule has 1 fully saturated rings. The van der Waals surface area contributed by atoms with Gasteiger partial charge in [0, 0.05) is 23.7 Å². The second kappa shape index (κ2) is 10.7. The lowest BCUT2D eigenvalue weighted by molar-refractivity contribution is -0.166. The Morgan fingerprint density at radius 2 is 1.39 bits per heavy atom. The van der Waals surface area contributed by atoms with Crippen LogP contribution in [0, 0.1) is 35.5 Å². The Morgan fingerprint density at radius 3 is 1.93 bits per heavy atom. The fourth-order valence-electron chi connectivity index (χ4n) is 4.39. The average Bonchev–Trinajstić information content (AvgIpc) is 2.67. The van der Waals surface area contributed by atoms with Gasteiger partial charge in [0.05, 0.1) is 24.2 Å². The molecule has 3 N–H and O–H groups in total. The van der Waals surface area contributed by atoms with E-state index in [4.69, 9.17) is 4.74 Å². The van der Waals surface area contributed by atoms with E-state index in [-0.39, 0.29) is 17.6 Å². The average molecular weight is 401 g/mol. The van der Waals surface area contributed by atoms with Crippen LogP contribution in [0.15, 0.2) is 0 Å². The highest BCUT2D eigenvalue weighted by Crippen LogP contribution is 2.31. The minimum absolute atomic E-state index is 0.0568. The van der Waals surface area contributed by atoms with Crippen molar-refractivity contribution in [1.82, 2.24) is 0 Å². The zero-order valence-corrected chi connectivity index (χ0v) is 18.5. The Morgan fingerprint density at radius 1 is 0.857 bits per heavy atom. The molecule has 0 saturated carbocycles. The molecule has 164 valence electrons. The van der Waals surface area contributed by atoms with Crippen LogP contribution in [0.4, 0.5) is 0 Å². The number of rotatable bonds is 2. The number of esters is 1. The highest BCUT2D eigenvalue weighted by molar-refractivity contribution is 5.83. The summed E-state index contributed by atoms with van der Waals surface area (Å²) >= 11 is 0. The number of carbonyl (C=O) groups excluding carboxylic acids is 2. The van der Waals surface area contributed by atoms with E-state index in [0.29, 0.717) is 12.8 Å². The van der Waals surface area contributed by atoms with Crippen molar-refractivity contribution >= 4 is 11.8 Å². The van der Waals surface area contributed by atoms with Gasteiger partial charge in [0.15, 0.2) is 0 Å². The summed E-state index contributed by atoms with van der Waals surface area (Å²) in [7, 11) is 0. The summed E-state index contributed by atoms with van der Waals surface area (Å²) in [6.45, 7) is 12.5. The van der Waals surface area contributed by atoms with Crippen molar-refractivity contribution < 1.29 is 29.6 Å². The largest absolute Gasteiger partial charge is 0.462 e. The maximum atomic E-state index is 12.9. The van der Waals surface area contributed by atoms with Crippen molar-refractivity contribution in [3.63, 3.8) is 0 Å². The van der Waals surface area contributed by atoms with Crippen LogP contribution < -0.4 is 0 Å². The van der Waals surface area contributed by atoms with Gasteiger partial charge in [-0.3, -0.25) is 9.59 Å². The predicted octanol–water partition coefficient (Wildman–Crippen LogP) is 2.57. The lowest BCUT2D eigenvalue weighted by Crippen LogP contribution is -2.45. The van der Waals surface area contributed by atoms with E-state index in [1.54, 1.807) is 27.7 Å². The Hall–Kier alpha value is -0.980. The van der Waals surface area contributed by atoms with E-state index in [1.807, 2.05) is 20.8 Å². The zero-order chi connectivity index (χ0) is 21.8. The number of carbonyl (C=O) groups is 2. The van der Waals surface area contributed by atoms with Crippen LogP contribution in [0.1, 0.15) is 67.7 Å². The monoisotopic (exact) mass is 400 g/mol. The molecule has 28 heavy (non-hydrogen) atoms. The van der Waals surface area contributed by atoms with E-state index in [0.717, 1.165) is 6.42 Å². The SMILES string of the molecule is CCC[C@H]1OC(=O)[C@H](C)[C@@H](O)[C@H](C)[C@@H](O)[C@@H](C)C[C@@H](C)C(=O)[C@H](C)[C@@H](O)[C@H]1C. The second-order valence-corrected chi connectivity index (χ2v) is 9.05. The molecule has 1 saturated heterocycles. The third-order valence-electron chi connectivity index (χ3n) is 6.68. The lowest BCUT2D eigenvalue weighted by Gasteiger charge is -2.36. The van der Waals surface area contributed by atoms with Gasteiger partial charge in [0.1, 0.15) is 11.9 Å². The summed E-state index contributed by atoms with van der Waals surface area (Å²) in [6.07, 6.45) is -1.58. The van der Waals surface area contributed by atoms with Gasteiger partial charge in [0.25, 0.3) is 0 Å². The molecule has 0 amide bonds. The molecular weight excluding hydrogens is 360 g/mol. The zero-order valence-electron chi connectivity index (χ0n) is 18.5. The Kier molecular flexibility index (Phi) is 9.57. The number of aliphatic hydroxyl groups is 3. The van der Waals surface area contributed by atoms with Crippen molar-refractivity contribution in [2.45, 2.75) is 92.1 Å². The first-order chi connectivity index (χ1) is 12.9. The maximum absolute atomic E-state index is 12.9. The number of cyclic esters (lactones) is 1. The number of aliphatic hydroxyl groups excluding tert-OH is 3. The predicted molar refractivity (Wildman–Crippen MR) is 107 cm³/mol. The van der Waals surface area contributed by atoms with Crippen LogP contribution in [-0.4, -0.2) is 51.5 Å². The number of hydrogen-bond donors (Lipinski definition) is 3. The number of ketones is 1. The third-order valence-corrected chi connectivity index (χ3v) is 6.68. The van der Waals surface area contributed by atoms with Crippen molar-refractivity contribution in [2.24, 2.45) is 35.5 Å². The van der Waals surface area contributed by atoms with Gasteiger partial charge in [-0.25, -0.2) is 0 Å². The molecule has 0 unspecified atom stereocenters. The molecule has 1 heterocycles. The van der Waals surface area contributed by atoms with E-state index >= 15 is 0 Å². The first-order valence-corrected chi connectivity index (χ1v) is 10.7. The van der Waals surface area contributed by atoms with Crippen LogP contribution in [0.2, 0.25) is 0 Å². The molecule has 0 aliphatic carbocycles. The van der Waals surface area contributed by atoms with Crippen molar-refractivity contribution in [2.75, 3.05) is 0 Å². The summed E-state index contributed by atoms with van der Waals surface area (Å²) < 4.78 is 5.67. The molecule has 0 radical (unpaired) electrons. The summed E-state index contributed by atoms with van der Waals surface area (Å²) in [4.78, 5) is 25.5. The molecule has 0 aromatic heterocycles. The number of hydrogen-bond acceptors (Lipinski definition) is 6. The lowest BCUT2D eigenvalue weighted by atomic mass is 9.77. The fraction of sp³-hybridized carbons (Fsp3) is 0.909. The van der Waals surface area contributed by atoms with Crippen LogP contribution in [0.5, 0.6) is 0 Å². The molecular formula is C22H40O6. The minimum atomic E-state index is -1.06. The van der Waals surface area contributed by atoms with Gasteiger partial charge >= 0.3 is 5.97 Å². The second-order valence-electron chi connectivity index (χ2n) is 9.05. The van der Waals surface area contributed by atoms with E-state index in [2.05, 4.69) is 0 Å². The van der Waals surface area contributed by atoms with E-state index < -0.39 is 54.1 Å². The summed E-state index contributed by atoms with van der Waals surface area (Å²) in [6, 6.07) is 0. The molecule has 1 rings (SSSR count). The fourth-order valence-corrected chi connectivity index (χ4v) is 4.39. The van der Waals surface area contributed by atoms with Crippen LogP contribution >= 0.6 is 0 Å². The van der Waals surface area contributed by atoms with Gasteiger partial charge in [-0.15, -0.1) is 0 Å². The van der Waals surface area contributed by atoms with Gasteiger partial charge in [-0.1, -0.05) is 48.0 Å². The molecule has 1 aliphatic rings. The van der Waals surface area contributed by atoms with Gasteiger partial charge in [0.2, 0.25) is 0 Å². The van der Waals surface area contributed by atoms with E-state index in [1.165, 1.54) is 0 Å². The normalized spacial score (nSPS) is 44.6. The molecule has 0 spiro atoms. The molecule has 10 atom stereocenters. The van der Waals surface area contributed by atoms with Crippen molar-refractivity contribution in [1.29, 1.82) is 0 Å². The van der Waals surface area contributed by atoms with E-state index in [9.17, 15) is 24.9 Å². The topological polar surface area (TPSA) is 104 Å². The number of ether oxygens (including phenoxy) is 1. The molecule has 6 nitrogen and oxygen atoms in total. The first kappa shape index (κ1) is 25.1.